The predicted molar refractivity (Wildman–Crippen MR) is 178 cm³/mol. The molecule has 0 aliphatic carbocycles. The Morgan fingerprint density at radius 2 is 1.24 bits per heavy atom. The second-order valence-corrected chi connectivity index (χ2v) is 11.9. The van der Waals surface area contributed by atoms with Gasteiger partial charge in [0.05, 0.1) is 34.0 Å². The quantitative estimate of drug-likeness (QED) is 0.208. The molecule has 0 aliphatic rings. The molecule has 8 aromatic rings. The fourth-order valence-corrected chi connectivity index (χ4v) is 6.44. The highest BCUT2D eigenvalue weighted by molar-refractivity contribution is 6.23. The zero-order chi connectivity index (χ0) is 28.4. The van der Waals surface area contributed by atoms with E-state index in [0.717, 1.165) is 45.2 Å². The van der Waals surface area contributed by atoms with Crippen LogP contribution in [-0.2, 0) is 5.41 Å². The normalized spacial score (nSPS) is 12.3. The minimum Gasteiger partial charge on any atom is -0.309 e. The van der Waals surface area contributed by atoms with Crippen LogP contribution in [0.1, 0.15) is 32.8 Å². The molecule has 0 N–H and O–H groups in total. The molecule has 3 nitrogen and oxygen atoms in total. The minimum absolute atomic E-state index is 0.127. The van der Waals surface area contributed by atoms with Crippen LogP contribution >= 0.6 is 0 Å². The summed E-state index contributed by atoms with van der Waals surface area (Å²) in [6, 6.07) is 41.4. The topological polar surface area (TPSA) is 30.7 Å². The van der Waals surface area contributed by atoms with Crippen LogP contribution in [-0.4, -0.2) is 14.5 Å². The summed E-state index contributed by atoms with van der Waals surface area (Å²) in [6.45, 7) is 6.92. The second kappa shape index (κ2) is 9.25. The Bertz CT molecular complexity index is 2290. The Hall–Kier alpha value is -5.02. The van der Waals surface area contributed by atoms with Crippen LogP contribution in [0, 0.1) is 0 Å². The molecule has 42 heavy (non-hydrogen) atoms. The Morgan fingerprint density at radius 1 is 0.595 bits per heavy atom. The SMILES string of the molecule is CCC(C)(C)c1ccc2c(c1)c1ccccc1n2-c1cccc(-c2cnc3c4ccccc4c4ccccc4c3n2)c1. The molecule has 0 saturated carbocycles. The molecule has 0 spiro atoms. The molecular weight excluding hydrogens is 510 g/mol. The van der Waals surface area contributed by atoms with E-state index >= 15 is 0 Å². The molecule has 0 atom stereocenters. The first-order chi connectivity index (χ1) is 20.5. The van der Waals surface area contributed by atoms with Crippen molar-refractivity contribution in [3.8, 4) is 16.9 Å². The number of nitrogens with zero attached hydrogens (tertiary/aromatic N) is 3. The largest absolute Gasteiger partial charge is 0.309 e. The van der Waals surface area contributed by atoms with Crippen molar-refractivity contribution in [1.29, 1.82) is 0 Å². The van der Waals surface area contributed by atoms with Crippen LogP contribution in [0.25, 0.3) is 71.3 Å². The van der Waals surface area contributed by atoms with Gasteiger partial charge in [0.15, 0.2) is 0 Å². The van der Waals surface area contributed by atoms with Crippen molar-refractivity contribution in [2.45, 2.75) is 32.6 Å². The van der Waals surface area contributed by atoms with E-state index in [1.165, 1.54) is 38.1 Å². The van der Waals surface area contributed by atoms with Crippen molar-refractivity contribution >= 4 is 54.4 Å². The Labute approximate surface area is 245 Å². The van der Waals surface area contributed by atoms with Gasteiger partial charge in [-0.25, -0.2) is 4.98 Å². The maximum absolute atomic E-state index is 5.25. The monoisotopic (exact) mass is 541 g/mol. The molecule has 202 valence electrons. The summed E-state index contributed by atoms with van der Waals surface area (Å²) >= 11 is 0. The van der Waals surface area contributed by atoms with E-state index in [0.29, 0.717) is 0 Å². The number of rotatable bonds is 4. The molecule has 0 unspecified atom stereocenters. The van der Waals surface area contributed by atoms with Crippen molar-refractivity contribution in [2.24, 2.45) is 0 Å². The van der Waals surface area contributed by atoms with Gasteiger partial charge in [0.25, 0.3) is 0 Å². The minimum atomic E-state index is 0.127. The maximum Gasteiger partial charge on any atom is 0.0979 e. The molecule has 6 aromatic carbocycles. The molecule has 3 heteroatoms. The van der Waals surface area contributed by atoms with Crippen LogP contribution in [0.2, 0.25) is 0 Å². The van der Waals surface area contributed by atoms with Crippen LogP contribution in [0.4, 0.5) is 0 Å². The van der Waals surface area contributed by atoms with Gasteiger partial charge in [-0.2, -0.15) is 0 Å². The summed E-state index contributed by atoms with van der Waals surface area (Å²) in [5.74, 6) is 0. The van der Waals surface area contributed by atoms with E-state index in [-0.39, 0.29) is 5.41 Å². The van der Waals surface area contributed by atoms with E-state index in [1.807, 2.05) is 6.20 Å². The van der Waals surface area contributed by atoms with Gasteiger partial charge in [-0.05, 0) is 58.5 Å². The summed E-state index contributed by atoms with van der Waals surface area (Å²) in [5.41, 5.74) is 8.84. The number of hydrogen-bond donors (Lipinski definition) is 0. The molecule has 0 radical (unpaired) electrons. The number of fused-ring (bicyclic) bond motifs is 9. The lowest BCUT2D eigenvalue weighted by Crippen LogP contribution is -2.15. The van der Waals surface area contributed by atoms with Crippen molar-refractivity contribution in [1.82, 2.24) is 14.5 Å². The van der Waals surface area contributed by atoms with Gasteiger partial charge >= 0.3 is 0 Å². The number of para-hydroxylation sites is 1. The number of benzene rings is 6. The van der Waals surface area contributed by atoms with Crippen LogP contribution in [0.5, 0.6) is 0 Å². The summed E-state index contributed by atoms with van der Waals surface area (Å²) in [7, 11) is 0. The van der Waals surface area contributed by atoms with Crippen molar-refractivity contribution in [2.75, 3.05) is 0 Å². The molecule has 0 aliphatic heterocycles. The van der Waals surface area contributed by atoms with E-state index in [1.54, 1.807) is 0 Å². The Morgan fingerprint density at radius 3 is 1.98 bits per heavy atom. The average Bonchev–Trinajstić information content (AvgIpc) is 3.38. The highest BCUT2D eigenvalue weighted by Crippen LogP contribution is 2.38. The van der Waals surface area contributed by atoms with E-state index in [9.17, 15) is 0 Å². The molecule has 0 amide bonds. The Balaban J connectivity index is 1.34. The third kappa shape index (κ3) is 3.66. The lowest BCUT2D eigenvalue weighted by molar-refractivity contribution is 0.507. The number of hydrogen-bond acceptors (Lipinski definition) is 2. The zero-order valence-corrected chi connectivity index (χ0v) is 24.1. The fourth-order valence-electron chi connectivity index (χ4n) is 6.44. The first kappa shape index (κ1) is 24.8. The van der Waals surface area contributed by atoms with Gasteiger partial charge in [0.1, 0.15) is 0 Å². The first-order valence-corrected chi connectivity index (χ1v) is 14.7. The molecular formula is C39H31N3. The van der Waals surface area contributed by atoms with E-state index in [2.05, 4.69) is 141 Å². The van der Waals surface area contributed by atoms with Gasteiger partial charge in [-0.1, -0.05) is 106 Å². The first-order valence-electron chi connectivity index (χ1n) is 14.7. The molecule has 2 aromatic heterocycles. The van der Waals surface area contributed by atoms with Gasteiger partial charge in [0.2, 0.25) is 0 Å². The molecule has 0 saturated heterocycles. The van der Waals surface area contributed by atoms with E-state index < -0.39 is 0 Å². The fraction of sp³-hybridized carbons (Fsp3) is 0.128. The van der Waals surface area contributed by atoms with Gasteiger partial charge in [-0.3, -0.25) is 4.98 Å². The average molecular weight is 542 g/mol. The zero-order valence-electron chi connectivity index (χ0n) is 24.1. The van der Waals surface area contributed by atoms with Crippen LogP contribution in [0.3, 0.4) is 0 Å². The third-order valence-electron chi connectivity index (χ3n) is 9.17. The van der Waals surface area contributed by atoms with Crippen molar-refractivity contribution in [3.05, 3.63) is 127 Å². The van der Waals surface area contributed by atoms with Gasteiger partial charge in [-0.15, -0.1) is 0 Å². The van der Waals surface area contributed by atoms with Crippen molar-refractivity contribution < 1.29 is 0 Å². The Kier molecular flexibility index (Phi) is 5.45. The van der Waals surface area contributed by atoms with Crippen LogP contribution < -0.4 is 0 Å². The highest BCUT2D eigenvalue weighted by Gasteiger charge is 2.21. The standard InChI is InChI=1S/C39H31N3/c1-4-39(2,3)26-20-21-36-33(23-26)30-16-9-10-19-35(30)42(36)27-13-11-12-25(22-27)34-24-40-37-31-17-7-5-14-28(31)29-15-6-8-18-32(29)38(37)41-34/h5-24H,4H2,1-3H3. The summed E-state index contributed by atoms with van der Waals surface area (Å²) in [6.07, 6.45) is 3.02. The van der Waals surface area contributed by atoms with Crippen LogP contribution in [0.15, 0.2) is 121 Å². The molecule has 8 rings (SSSR count). The van der Waals surface area contributed by atoms with Gasteiger partial charge in [0, 0.05) is 32.8 Å². The summed E-state index contributed by atoms with van der Waals surface area (Å²) < 4.78 is 2.38. The van der Waals surface area contributed by atoms with E-state index in [4.69, 9.17) is 9.97 Å². The van der Waals surface area contributed by atoms with Gasteiger partial charge < -0.3 is 4.57 Å². The molecule has 0 fully saturated rings. The summed E-state index contributed by atoms with van der Waals surface area (Å²) in [4.78, 5) is 10.2. The predicted octanol–water partition coefficient (Wildman–Crippen LogP) is 10.4. The third-order valence-corrected chi connectivity index (χ3v) is 9.17. The smallest absolute Gasteiger partial charge is 0.0979 e. The number of aromatic nitrogens is 3. The highest BCUT2D eigenvalue weighted by atomic mass is 15.0. The molecule has 0 bridgehead atoms. The maximum atomic E-state index is 5.25. The lowest BCUT2D eigenvalue weighted by atomic mass is 9.82. The second-order valence-electron chi connectivity index (χ2n) is 11.9. The summed E-state index contributed by atoms with van der Waals surface area (Å²) in [5, 5.41) is 7.24. The lowest BCUT2D eigenvalue weighted by Gasteiger charge is -2.23. The van der Waals surface area contributed by atoms with Crippen molar-refractivity contribution in [3.63, 3.8) is 0 Å². The molecule has 2 heterocycles.